The smallest absolute Gasteiger partial charge is 0.237 e. The van der Waals surface area contributed by atoms with Crippen LogP contribution in [0.2, 0.25) is 0 Å². The second-order valence-corrected chi connectivity index (χ2v) is 4.44. The van der Waals surface area contributed by atoms with E-state index in [-0.39, 0.29) is 11.9 Å². The van der Waals surface area contributed by atoms with Crippen LogP contribution in [0, 0.1) is 0 Å². The number of hydrogen-bond donors (Lipinski definition) is 2. The Hall–Kier alpha value is -0.610. The predicted molar refractivity (Wildman–Crippen MR) is 61.5 cm³/mol. The molecule has 3 N–H and O–H groups in total. The van der Waals surface area contributed by atoms with Crippen molar-refractivity contribution in [3.63, 3.8) is 0 Å². The molecule has 0 heterocycles. The first-order valence-corrected chi connectivity index (χ1v) is 5.86. The van der Waals surface area contributed by atoms with E-state index in [1.165, 1.54) is 12.8 Å². The van der Waals surface area contributed by atoms with Gasteiger partial charge in [0.25, 0.3) is 0 Å². The average Bonchev–Trinajstić information content (AvgIpc) is 2.69. The molecular weight excluding hydrogens is 190 g/mol. The molecule has 0 aromatic heterocycles. The molecule has 0 aromatic carbocycles. The molecule has 0 saturated heterocycles. The topological polar surface area (TPSA) is 58.4 Å². The molecule has 1 unspecified atom stereocenters. The van der Waals surface area contributed by atoms with Crippen LogP contribution in [0.15, 0.2) is 0 Å². The van der Waals surface area contributed by atoms with Gasteiger partial charge in [0.15, 0.2) is 0 Å². The number of carbonyl (C=O) groups excluding carboxylic acids is 1. The van der Waals surface area contributed by atoms with E-state index in [2.05, 4.69) is 5.32 Å². The van der Waals surface area contributed by atoms with Crippen molar-refractivity contribution < 1.29 is 4.79 Å². The Bertz CT molecular complexity index is 202. The Morgan fingerprint density at radius 2 is 2.13 bits per heavy atom. The van der Waals surface area contributed by atoms with Gasteiger partial charge in [-0.2, -0.15) is 0 Å². The second-order valence-electron chi connectivity index (χ2n) is 4.44. The molecule has 4 heteroatoms. The van der Waals surface area contributed by atoms with E-state index in [9.17, 15) is 4.79 Å². The van der Waals surface area contributed by atoms with E-state index in [0.717, 1.165) is 19.4 Å². The quantitative estimate of drug-likeness (QED) is 0.691. The molecule has 0 radical (unpaired) electrons. The van der Waals surface area contributed by atoms with Gasteiger partial charge in [-0.15, -0.1) is 0 Å². The van der Waals surface area contributed by atoms with Crippen LogP contribution in [-0.2, 0) is 4.79 Å². The number of nitrogens with two attached hydrogens (primary N) is 1. The lowest BCUT2D eigenvalue weighted by Crippen LogP contribution is -2.47. The van der Waals surface area contributed by atoms with Crippen molar-refractivity contribution in [2.75, 3.05) is 20.1 Å². The SMILES string of the molecule is CC(C(=O)NC1CCCC1)N(C)CCN. The third-order valence-electron chi connectivity index (χ3n) is 3.22. The van der Waals surface area contributed by atoms with Gasteiger partial charge in [-0.05, 0) is 26.8 Å². The minimum absolute atomic E-state index is 0.0749. The van der Waals surface area contributed by atoms with Crippen LogP contribution in [0.1, 0.15) is 32.6 Å². The highest BCUT2D eigenvalue weighted by Crippen LogP contribution is 2.17. The summed E-state index contributed by atoms with van der Waals surface area (Å²) in [5, 5.41) is 3.10. The Morgan fingerprint density at radius 1 is 1.53 bits per heavy atom. The molecular formula is C11H23N3O. The highest BCUT2D eigenvalue weighted by atomic mass is 16.2. The molecule has 0 aromatic rings. The molecule has 0 aliphatic heterocycles. The number of likely N-dealkylation sites (N-methyl/N-ethyl adjacent to an activating group) is 1. The van der Waals surface area contributed by atoms with Crippen LogP contribution >= 0.6 is 0 Å². The summed E-state index contributed by atoms with van der Waals surface area (Å²) in [6.45, 7) is 3.29. The lowest BCUT2D eigenvalue weighted by molar-refractivity contribution is -0.126. The number of rotatable bonds is 5. The van der Waals surface area contributed by atoms with E-state index in [1.54, 1.807) is 0 Å². The lowest BCUT2D eigenvalue weighted by atomic mass is 10.2. The van der Waals surface area contributed by atoms with E-state index in [4.69, 9.17) is 5.73 Å². The van der Waals surface area contributed by atoms with Gasteiger partial charge in [0, 0.05) is 19.1 Å². The van der Waals surface area contributed by atoms with Gasteiger partial charge in [-0.1, -0.05) is 12.8 Å². The van der Waals surface area contributed by atoms with Crippen molar-refractivity contribution in [2.24, 2.45) is 5.73 Å². The van der Waals surface area contributed by atoms with Gasteiger partial charge in [0.05, 0.1) is 6.04 Å². The van der Waals surface area contributed by atoms with Crippen molar-refractivity contribution in [3.05, 3.63) is 0 Å². The van der Waals surface area contributed by atoms with Crippen molar-refractivity contribution in [1.29, 1.82) is 0 Å². The fraction of sp³-hybridized carbons (Fsp3) is 0.909. The molecule has 4 nitrogen and oxygen atoms in total. The third-order valence-corrected chi connectivity index (χ3v) is 3.22. The van der Waals surface area contributed by atoms with Crippen LogP contribution in [0.25, 0.3) is 0 Å². The van der Waals surface area contributed by atoms with Crippen LogP contribution in [-0.4, -0.2) is 43.0 Å². The van der Waals surface area contributed by atoms with E-state index < -0.39 is 0 Å². The van der Waals surface area contributed by atoms with Crippen molar-refractivity contribution >= 4 is 5.91 Å². The number of nitrogens with zero attached hydrogens (tertiary/aromatic N) is 1. The summed E-state index contributed by atoms with van der Waals surface area (Å²) in [5.74, 6) is 0.137. The van der Waals surface area contributed by atoms with Gasteiger partial charge in [0.2, 0.25) is 5.91 Å². The molecule has 88 valence electrons. The van der Waals surface area contributed by atoms with Crippen LogP contribution in [0.3, 0.4) is 0 Å². The number of nitrogens with one attached hydrogen (secondary N) is 1. The maximum absolute atomic E-state index is 11.8. The summed E-state index contributed by atoms with van der Waals surface area (Å²) >= 11 is 0. The zero-order valence-corrected chi connectivity index (χ0v) is 9.83. The van der Waals surface area contributed by atoms with Crippen molar-refractivity contribution in [3.8, 4) is 0 Å². The van der Waals surface area contributed by atoms with Crippen LogP contribution in [0.4, 0.5) is 0 Å². The Kier molecular flexibility index (Phi) is 5.05. The molecule has 1 aliphatic carbocycles. The molecule has 1 saturated carbocycles. The second kappa shape index (κ2) is 6.08. The van der Waals surface area contributed by atoms with Gasteiger partial charge in [-0.25, -0.2) is 0 Å². The van der Waals surface area contributed by atoms with E-state index in [0.29, 0.717) is 12.6 Å². The predicted octanol–water partition coefficient (Wildman–Crippen LogP) is 0.324. The molecule has 1 amide bonds. The zero-order valence-electron chi connectivity index (χ0n) is 9.83. The molecule has 1 fully saturated rings. The first-order valence-electron chi connectivity index (χ1n) is 5.86. The Balaban J connectivity index is 2.31. The maximum atomic E-state index is 11.8. The monoisotopic (exact) mass is 213 g/mol. The summed E-state index contributed by atoms with van der Waals surface area (Å²) in [6, 6.07) is 0.334. The van der Waals surface area contributed by atoms with Gasteiger partial charge in [-0.3, -0.25) is 9.69 Å². The molecule has 15 heavy (non-hydrogen) atoms. The zero-order chi connectivity index (χ0) is 11.3. The molecule has 0 bridgehead atoms. The summed E-state index contributed by atoms with van der Waals surface area (Å²) in [7, 11) is 1.94. The highest BCUT2D eigenvalue weighted by Gasteiger charge is 2.22. The summed E-state index contributed by atoms with van der Waals surface area (Å²) in [6.07, 6.45) is 4.77. The van der Waals surface area contributed by atoms with Gasteiger partial charge >= 0.3 is 0 Å². The third kappa shape index (κ3) is 3.80. The molecule has 0 spiro atoms. The Morgan fingerprint density at radius 3 is 2.67 bits per heavy atom. The normalized spacial score (nSPS) is 19.5. The summed E-state index contributed by atoms with van der Waals surface area (Å²) in [5.41, 5.74) is 5.46. The maximum Gasteiger partial charge on any atom is 0.237 e. The summed E-state index contributed by atoms with van der Waals surface area (Å²) in [4.78, 5) is 13.8. The standard InChI is InChI=1S/C11H23N3O/c1-9(14(2)8-7-12)11(15)13-10-5-3-4-6-10/h9-10H,3-8,12H2,1-2H3,(H,13,15). The van der Waals surface area contributed by atoms with Gasteiger partial charge < -0.3 is 11.1 Å². The fourth-order valence-electron chi connectivity index (χ4n) is 1.99. The average molecular weight is 213 g/mol. The van der Waals surface area contributed by atoms with Crippen LogP contribution < -0.4 is 11.1 Å². The van der Waals surface area contributed by atoms with Crippen molar-refractivity contribution in [1.82, 2.24) is 10.2 Å². The minimum atomic E-state index is -0.0749. The first-order chi connectivity index (χ1) is 7.15. The fourth-order valence-corrected chi connectivity index (χ4v) is 1.99. The summed E-state index contributed by atoms with van der Waals surface area (Å²) < 4.78 is 0. The van der Waals surface area contributed by atoms with Crippen LogP contribution in [0.5, 0.6) is 0 Å². The van der Waals surface area contributed by atoms with Crippen molar-refractivity contribution in [2.45, 2.75) is 44.7 Å². The van der Waals surface area contributed by atoms with E-state index in [1.807, 2.05) is 18.9 Å². The van der Waals surface area contributed by atoms with Gasteiger partial charge in [0.1, 0.15) is 0 Å². The largest absolute Gasteiger partial charge is 0.352 e. The lowest BCUT2D eigenvalue weighted by Gasteiger charge is -2.24. The number of carbonyl (C=O) groups is 1. The van der Waals surface area contributed by atoms with E-state index >= 15 is 0 Å². The molecule has 1 aliphatic rings. The highest BCUT2D eigenvalue weighted by molar-refractivity contribution is 5.81. The molecule has 1 rings (SSSR count). The number of amides is 1. The first kappa shape index (κ1) is 12.5. The number of hydrogen-bond acceptors (Lipinski definition) is 3. The molecule has 1 atom stereocenters. The minimum Gasteiger partial charge on any atom is -0.352 e. The Labute approximate surface area is 92.2 Å².